The van der Waals surface area contributed by atoms with E-state index in [1.165, 1.54) is 4.90 Å². The maximum atomic E-state index is 14.2. The van der Waals surface area contributed by atoms with Crippen LogP contribution in [0.3, 0.4) is 0 Å². The van der Waals surface area contributed by atoms with Crippen LogP contribution in [-0.4, -0.2) is 41.9 Å². The molecule has 4 aromatic rings. The average molecular weight is 593 g/mol. The Morgan fingerprint density at radius 3 is 2.07 bits per heavy atom. The quantitative estimate of drug-likeness (QED) is 0.198. The molecule has 0 heterocycles. The van der Waals surface area contributed by atoms with E-state index in [2.05, 4.69) is 10.6 Å². The second-order valence-electron chi connectivity index (χ2n) is 10.6. The van der Waals surface area contributed by atoms with Gasteiger partial charge in [-0.05, 0) is 66.8 Å². The van der Waals surface area contributed by atoms with Crippen LogP contribution in [0.2, 0.25) is 0 Å². The Labute approximate surface area is 259 Å². The maximum Gasteiger partial charge on any atom is 0.324 e. The minimum absolute atomic E-state index is 0.140. The second-order valence-corrected chi connectivity index (χ2v) is 10.6. The third kappa shape index (κ3) is 9.28. The van der Waals surface area contributed by atoms with Gasteiger partial charge in [0.25, 0.3) is 11.8 Å². The lowest BCUT2D eigenvalue weighted by Crippen LogP contribution is -2.54. The molecule has 4 aromatic carbocycles. The van der Waals surface area contributed by atoms with Crippen molar-refractivity contribution in [1.29, 1.82) is 0 Å². The molecule has 0 spiro atoms. The minimum Gasteiger partial charge on any atom is -0.494 e. The summed E-state index contributed by atoms with van der Waals surface area (Å²) in [6, 6.07) is 30.3. The largest absolute Gasteiger partial charge is 0.494 e. The third-order valence-electron chi connectivity index (χ3n) is 7.27. The molecular weight excluding hydrogens is 552 g/mol. The number of nitrogens with two attached hydrogens (primary N) is 1. The van der Waals surface area contributed by atoms with E-state index in [4.69, 9.17) is 10.5 Å². The molecular formula is C36H40N4O4. The number of ether oxygens (including phenoxy) is 1. The lowest BCUT2D eigenvalue weighted by molar-refractivity contribution is -0.130. The summed E-state index contributed by atoms with van der Waals surface area (Å²) in [4.78, 5) is 42.3. The van der Waals surface area contributed by atoms with E-state index in [0.29, 0.717) is 30.9 Å². The standard InChI is InChI=1S/C36H40N4O4/c1-3-44-32-19-15-28(16-20-32)23-33(39-34(41)31-17-9-26(2)10-18-31)35(42)40(22-21-27-7-5-4-6-8-27)36(43)38-25-30-13-11-29(24-37)12-14-30/h4-20,33H,3,21-25,37H2,1-2H3,(H,38,43)(H,39,41)/t33-/m1/s1. The summed E-state index contributed by atoms with van der Waals surface area (Å²) < 4.78 is 5.56. The van der Waals surface area contributed by atoms with Gasteiger partial charge in [-0.15, -0.1) is 0 Å². The molecule has 0 aliphatic carbocycles. The summed E-state index contributed by atoms with van der Waals surface area (Å²) in [5.74, 6) is -0.171. The van der Waals surface area contributed by atoms with Crippen LogP contribution in [0.5, 0.6) is 5.75 Å². The van der Waals surface area contributed by atoms with E-state index in [9.17, 15) is 14.4 Å². The number of nitrogens with one attached hydrogen (secondary N) is 2. The summed E-state index contributed by atoms with van der Waals surface area (Å²) in [6.45, 7) is 5.19. The van der Waals surface area contributed by atoms with E-state index < -0.39 is 23.9 Å². The molecule has 0 radical (unpaired) electrons. The highest BCUT2D eigenvalue weighted by Gasteiger charge is 2.30. The molecule has 0 saturated carbocycles. The van der Waals surface area contributed by atoms with Gasteiger partial charge in [0.15, 0.2) is 0 Å². The van der Waals surface area contributed by atoms with Gasteiger partial charge in [-0.2, -0.15) is 0 Å². The molecule has 0 bridgehead atoms. The van der Waals surface area contributed by atoms with Gasteiger partial charge in [-0.3, -0.25) is 14.5 Å². The van der Waals surface area contributed by atoms with Crippen LogP contribution < -0.4 is 21.1 Å². The summed E-state index contributed by atoms with van der Waals surface area (Å²) in [5.41, 5.74) is 10.8. The van der Waals surface area contributed by atoms with Crippen molar-refractivity contribution >= 4 is 17.8 Å². The fraction of sp³-hybridized carbons (Fsp3) is 0.250. The van der Waals surface area contributed by atoms with E-state index in [0.717, 1.165) is 27.8 Å². The number of benzene rings is 4. The minimum atomic E-state index is -0.993. The average Bonchev–Trinajstić information content (AvgIpc) is 3.05. The number of imide groups is 1. The highest BCUT2D eigenvalue weighted by atomic mass is 16.5. The van der Waals surface area contributed by atoms with Crippen molar-refractivity contribution in [2.75, 3.05) is 13.2 Å². The number of aryl methyl sites for hydroxylation is 1. The number of hydrogen-bond acceptors (Lipinski definition) is 5. The van der Waals surface area contributed by atoms with Gasteiger partial charge in [0.05, 0.1) is 6.61 Å². The van der Waals surface area contributed by atoms with Gasteiger partial charge >= 0.3 is 6.03 Å². The van der Waals surface area contributed by atoms with Crippen LogP contribution in [0.4, 0.5) is 4.79 Å². The van der Waals surface area contributed by atoms with Crippen LogP contribution in [0, 0.1) is 6.92 Å². The van der Waals surface area contributed by atoms with Gasteiger partial charge in [0, 0.05) is 31.6 Å². The number of hydrogen-bond donors (Lipinski definition) is 3. The number of amides is 4. The predicted octanol–water partition coefficient (Wildman–Crippen LogP) is 5.17. The van der Waals surface area contributed by atoms with Crippen LogP contribution in [-0.2, 0) is 30.7 Å². The van der Waals surface area contributed by atoms with Crippen LogP contribution in [0.15, 0.2) is 103 Å². The van der Waals surface area contributed by atoms with Crippen molar-refractivity contribution in [3.05, 3.63) is 137 Å². The Kier molecular flexibility index (Phi) is 11.7. The Bertz CT molecular complexity index is 1510. The molecule has 8 nitrogen and oxygen atoms in total. The Hall–Kier alpha value is -4.95. The number of carbonyl (C=O) groups is 3. The van der Waals surface area contributed by atoms with E-state index >= 15 is 0 Å². The third-order valence-corrected chi connectivity index (χ3v) is 7.27. The Morgan fingerprint density at radius 1 is 0.795 bits per heavy atom. The number of rotatable bonds is 13. The topological polar surface area (TPSA) is 114 Å². The monoisotopic (exact) mass is 592 g/mol. The molecule has 4 N–H and O–H groups in total. The number of nitrogens with zero attached hydrogens (tertiary/aromatic N) is 1. The molecule has 0 aromatic heterocycles. The van der Waals surface area contributed by atoms with Crippen LogP contribution >= 0.6 is 0 Å². The lowest BCUT2D eigenvalue weighted by atomic mass is 10.0. The normalized spacial score (nSPS) is 11.3. The number of carbonyl (C=O) groups excluding carboxylic acids is 3. The molecule has 4 rings (SSSR count). The molecule has 4 amide bonds. The van der Waals surface area contributed by atoms with Gasteiger partial charge in [0.1, 0.15) is 11.8 Å². The smallest absolute Gasteiger partial charge is 0.324 e. The molecule has 0 unspecified atom stereocenters. The second kappa shape index (κ2) is 16.0. The van der Waals surface area contributed by atoms with Crippen LogP contribution in [0.1, 0.15) is 45.1 Å². The first-order valence-electron chi connectivity index (χ1n) is 14.9. The SMILES string of the molecule is CCOc1ccc(C[C@@H](NC(=O)c2ccc(C)cc2)C(=O)N(CCc2ccccc2)C(=O)NCc2ccc(CN)cc2)cc1. The van der Waals surface area contributed by atoms with Crippen molar-refractivity contribution < 1.29 is 19.1 Å². The predicted molar refractivity (Wildman–Crippen MR) is 172 cm³/mol. The zero-order valence-corrected chi connectivity index (χ0v) is 25.3. The van der Waals surface area contributed by atoms with Gasteiger partial charge in [-0.1, -0.05) is 84.4 Å². The molecule has 44 heavy (non-hydrogen) atoms. The van der Waals surface area contributed by atoms with Crippen molar-refractivity contribution in [3.8, 4) is 5.75 Å². The highest BCUT2D eigenvalue weighted by molar-refractivity contribution is 6.01. The Morgan fingerprint density at radius 2 is 1.43 bits per heavy atom. The van der Waals surface area contributed by atoms with Gasteiger partial charge in [0.2, 0.25) is 0 Å². The zero-order valence-electron chi connectivity index (χ0n) is 25.3. The van der Waals surface area contributed by atoms with Crippen molar-refractivity contribution in [2.24, 2.45) is 5.73 Å². The maximum absolute atomic E-state index is 14.2. The molecule has 8 heteroatoms. The van der Waals surface area contributed by atoms with Gasteiger partial charge < -0.3 is 21.1 Å². The van der Waals surface area contributed by atoms with Crippen molar-refractivity contribution in [3.63, 3.8) is 0 Å². The van der Waals surface area contributed by atoms with Gasteiger partial charge in [-0.25, -0.2) is 4.79 Å². The first-order chi connectivity index (χ1) is 21.4. The summed E-state index contributed by atoms with van der Waals surface area (Å²) in [6.07, 6.45) is 0.658. The molecule has 0 fully saturated rings. The summed E-state index contributed by atoms with van der Waals surface area (Å²) in [5, 5.41) is 5.80. The summed E-state index contributed by atoms with van der Waals surface area (Å²) in [7, 11) is 0. The first kappa shape index (κ1) is 32.0. The lowest BCUT2D eigenvalue weighted by Gasteiger charge is -2.27. The van der Waals surface area contributed by atoms with E-state index in [-0.39, 0.29) is 19.5 Å². The molecule has 0 saturated heterocycles. The molecule has 1 atom stereocenters. The highest BCUT2D eigenvalue weighted by Crippen LogP contribution is 2.16. The zero-order chi connectivity index (χ0) is 31.3. The Balaban J connectivity index is 1.58. The molecule has 0 aliphatic rings. The first-order valence-corrected chi connectivity index (χ1v) is 14.9. The fourth-order valence-electron chi connectivity index (χ4n) is 4.72. The van der Waals surface area contributed by atoms with Crippen molar-refractivity contribution in [1.82, 2.24) is 15.5 Å². The number of urea groups is 1. The van der Waals surface area contributed by atoms with E-state index in [1.54, 1.807) is 12.1 Å². The summed E-state index contributed by atoms with van der Waals surface area (Å²) >= 11 is 0. The molecule has 0 aliphatic heterocycles. The fourth-order valence-corrected chi connectivity index (χ4v) is 4.72. The molecule has 228 valence electrons. The van der Waals surface area contributed by atoms with Crippen LogP contribution in [0.25, 0.3) is 0 Å². The van der Waals surface area contributed by atoms with Crippen molar-refractivity contribution in [2.45, 2.75) is 45.8 Å². The van der Waals surface area contributed by atoms with E-state index in [1.807, 2.05) is 105 Å².